The number of hydrogen-bond acceptors (Lipinski definition) is 5. The van der Waals surface area contributed by atoms with Crippen LogP contribution in [0.4, 0.5) is 11.5 Å². The molecule has 0 bridgehead atoms. The SMILES string of the molecule is CCC1(C)CCN(c2ncccc2C(=O)Nc2cccc(S(=O)(=O)C3CCCC3)c2)CC1. The molecule has 1 saturated carbocycles. The van der Waals surface area contributed by atoms with Gasteiger partial charge in [0.15, 0.2) is 9.84 Å². The van der Waals surface area contributed by atoms with E-state index in [9.17, 15) is 13.2 Å². The summed E-state index contributed by atoms with van der Waals surface area (Å²) in [6, 6.07) is 10.2. The normalized spacial score (nSPS) is 19.1. The van der Waals surface area contributed by atoms with Crippen molar-refractivity contribution in [2.24, 2.45) is 5.41 Å². The Morgan fingerprint density at radius 3 is 2.56 bits per heavy atom. The molecule has 6 nitrogen and oxygen atoms in total. The molecule has 4 rings (SSSR count). The van der Waals surface area contributed by atoms with E-state index in [1.165, 1.54) is 0 Å². The van der Waals surface area contributed by atoms with E-state index in [1.54, 1.807) is 42.6 Å². The van der Waals surface area contributed by atoms with Crippen LogP contribution in [0.1, 0.15) is 69.2 Å². The number of sulfone groups is 1. The summed E-state index contributed by atoms with van der Waals surface area (Å²) in [6.07, 6.45) is 8.35. The summed E-state index contributed by atoms with van der Waals surface area (Å²) in [5.41, 5.74) is 1.34. The van der Waals surface area contributed by atoms with Gasteiger partial charge in [-0.25, -0.2) is 13.4 Å². The molecule has 2 heterocycles. The van der Waals surface area contributed by atoms with Crippen molar-refractivity contribution in [3.05, 3.63) is 48.2 Å². The monoisotopic (exact) mass is 455 g/mol. The summed E-state index contributed by atoms with van der Waals surface area (Å²) in [7, 11) is -3.37. The minimum atomic E-state index is -3.37. The van der Waals surface area contributed by atoms with E-state index in [4.69, 9.17) is 0 Å². The van der Waals surface area contributed by atoms with Crippen molar-refractivity contribution >= 4 is 27.2 Å². The minimum Gasteiger partial charge on any atom is -0.356 e. The average Bonchev–Trinajstić information content (AvgIpc) is 3.36. The Morgan fingerprint density at radius 2 is 1.88 bits per heavy atom. The highest BCUT2D eigenvalue weighted by atomic mass is 32.2. The van der Waals surface area contributed by atoms with Gasteiger partial charge in [0, 0.05) is 25.0 Å². The minimum absolute atomic E-state index is 0.271. The van der Waals surface area contributed by atoms with E-state index in [0.29, 0.717) is 35.3 Å². The number of carbonyl (C=O) groups excluding carboxylic acids is 1. The second-order valence-electron chi connectivity index (χ2n) is 9.46. The summed E-state index contributed by atoms with van der Waals surface area (Å²) >= 11 is 0. The quantitative estimate of drug-likeness (QED) is 0.658. The maximum Gasteiger partial charge on any atom is 0.259 e. The van der Waals surface area contributed by atoms with Crippen LogP contribution in [0.5, 0.6) is 0 Å². The molecule has 7 heteroatoms. The summed E-state index contributed by atoms with van der Waals surface area (Å²) in [5.74, 6) is 0.422. The van der Waals surface area contributed by atoms with Crippen LogP contribution < -0.4 is 10.2 Å². The molecule has 1 N–H and O–H groups in total. The van der Waals surface area contributed by atoms with Crippen molar-refractivity contribution in [2.75, 3.05) is 23.3 Å². The number of amides is 1. The molecule has 2 fully saturated rings. The maximum atomic E-state index is 13.2. The van der Waals surface area contributed by atoms with Crippen LogP contribution in [0, 0.1) is 5.41 Å². The smallest absolute Gasteiger partial charge is 0.259 e. The number of nitrogens with zero attached hydrogens (tertiary/aromatic N) is 2. The molecule has 0 radical (unpaired) electrons. The molecule has 0 spiro atoms. The molecule has 1 aromatic heterocycles. The van der Waals surface area contributed by atoms with Crippen LogP contribution in [0.15, 0.2) is 47.5 Å². The van der Waals surface area contributed by atoms with Crippen molar-refractivity contribution < 1.29 is 13.2 Å². The number of pyridine rings is 1. The van der Waals surface area contributed by atoms with E-state index in [0.717, 1.165) is 45.2 Å². The van der Waals surface area contributed by atoms with Crippen molar-refractivity contribution in [1.29, 1.82) is 0 Å². The Bertz CT molecular complexity index is 1070. The molecular weight excluding hydrogens is 422 g/mol. The summed E-state index contributed by atoms with van der Waals surface area (Å²) < 4.78 is 25.9. The highest BCUT2D eigenvalue weighted by Crippen LogP contribution is 2.36. The lowest BCUT2D eigenvalue weighted by atomic mass is 9.78. The fourth-order valence-corrected chi connectivity index (χ4v) is 6.68. The molecule has 1 aliphatic heterocycles. The van der Waals surface area contributed by atoms with Gasteiger partial charge in [0.2, 0.25) is 0 Å². The Kier molecular flexibility index (Phi) is 6.56. The zero-order valence-electron chi connectivity index (χ0n) is 19.0. The molecule has 0 unspecified atom stereocenters. The van der Waals surface area contributed by atoms with E-state index in [1.807, 2.05) is 0 Å². The van der Waals surface area contributed by atoms with Gasteiger partial charge < -0.3 is 10.2 Å². The largest absolute Gasteiger partial charge is 0.356 e. The molecule has 172 valence electrons. The average molecular weight is 456 g/mol. The zero-order chi connectivity index (χ0) is 22.8. The molecule has 1 saturated heterocycles. The summed E-state index contributed by atoms with van der Waals surface area (Å²) in [5, 5.41) is 2.58. The molecule has 0 atom stereocenters. The Hall–Kier alpha value is -2.41. The molecule has 2 aliphatic rings. The number of benzene rings is 1. The highest BCUT2D eigenvalue weighted by Gasteiger charge is 2.31. The van der Waals surface area contributed by atoms with Crippen molar-refractivity contribution in [2.45, 2.75) is 68.9 Å². The molecule has 2 aromatic rings. The highest BCUT2D eigenvalue weighted by molar-refractivity contribution is 7.92. The van der Waals surface area contributed by atoms with Gasteiger partial charge >= 0.3 is 0 Å². The van der Waals surface area contributed by atoms with Crippen LogP contribution in [0.3, 0.4) is 0 Å². The first-order valence-electron chi connectivity index (χ1n) is 11.7. The van der Waals surface area contributed by atoms with Gasteiger partial charge in [-0.05, 0) is 61.4 Å². The number of piperidine rings is 1. The third-order valence-electron chi connectivity index (χ3n) is 7.32. The maximum absolute atomic E-state index is 13.2. The zero-order valence-corrected chi connectivity index (χ0v) is 19.8. The van der Waals surface area contributed by atoms with Gasteiger partial charge in [-0.2, -0.15) is 0 Å². The number of nitrogens with one attached hydrogen (secondary N) is 1. The molecule has 32 heavy (non-hydrogen) atoms. The fourth-order valence-electron chi connectivity index (χ4n) is 4.78. The number of anilines is 2. The molecule has 1 aliphatic carbocycles. The molecule has 1 amide bonds. The van der Waals surface area contributed by atoms with Crippen molar-refractivity contribution in [3.8, 4) is 0 Å². The number of rotatable bonds is 6. The van der Waals surface area contributed by atoms with Gasteiger partial charge in [-0.1, -0.05) is 39.2 Å². The predicted octanol–water partition coefficient (Wildman–Crippen LogP) is 5.07. The third kappa shape index (κ3) is 4.68. The molecular formula is C25H33N3O3S. The van der Waals surface area contributed by atoms with Crippen LogP contribution in [0.25, 0.3) is 0 Å². The van der Waals surface area contributed by atoms with Gasteiger partial charge in [-0.3, -0.25) is 4.79 Å². The van der Waals surface area contributed by atoms with Crippen molar-refractivity contribution in [3.63, 3.8) is 0 Å². The first kappa shape index (κ1) is 22.8. The summed E-state index contributed by atoms with van der Waals surface area (Å²) in [4.78, 5) is 20.1. The lowest BCUT2D eigenvalue weighted by Gasteiger charge is -2.39. The first-order chi connectivity index (χ1) is 15.3. The van der Waals surface area contributed by atoms with E-state index in [-0.39, 0.29) is 16.1 Å². The standard InChI is InChI=1S/C25H33N3O3S/c1-3-25(2)13-16-28(17-14-25)23-22(12-7-15-26-23)24(29)27-19-8-6-11-21(18-19)32(30,31)20-9-4-5-10-20/h6-8,11-12,15,18,20H,3-5,9-10,13-14,16-17H2,1-2H3,(H,27,29). The van der Waals surface area contributed by atoms with Crippen molar-refractivity contribution in [1.82, 2.24) is 4.98 Å². The Balaban J connectivity index is 1.52. The van der Waals surface area contributed by atoms with Gasteiger partial charge in [0.1, 0.15) is 5.82 Å². The fraction of sp³-hybridized carbons (Fsp3) is 0.520. The van der Waals surface area contributed by atoms with Crippen LogP contribution in [-0.2, 0) is 9.84 Å². The van der Waals surface area contributed by atoms with Crippen LogP contribution >= 0.6 is 0 Å². The predicted molar refractivity (Wildman–Crippen MR) is 128 cm³/mol. The van der Waals surface area contributed by atoms with E-state index >= 15 is 0 Å². The number of carbonyl (C=O) groups is 1. The number of hydrogen-bond donors (Lipinski definition) is 1. The Morgan fingerprint density at radius 1 is 1.16 bits per heavy atom. The summed E-state index contributed by atoms with van der Waals surface area (Å²) in [6.45, 7) is 6.30. The van der Waals surface area contributed by atoms with E-state index < -0.39 is 9.84 Å². The van der Waals surface area contributed by atoms with Gasteiger partial charge in [-0.15, -0.1) is 0 Å². The van der Waals surface area contributed by atoms with Gasteiger partial charge in [0.05, 0.1) is 15.7 Å². The lowest BCUT2D eigenvalue weighted by Crippen LogP contribution is -2.39. The number of aromatic nitrogens is 1. The topological polar surface area (TPSA) is 79.4 Å². The van der Waals surface area contributed by atoms with Gasteiger partial charge in [0.25, 0.3) is 5.91 Å². The second kappa shape index (κ2) is 9.22. The van der Waals surface area contributed by atoms with E-state index in [2.05, 4.69) is 29.0 Å². The second-order valence-corrected chi connectivity index (χ2v) is 11.7. The van der Waals surface area contributed by atoms with Crippen LogP contribution in [-0.4, -0.2) is 37.6 Å². The third-order valence-corrected chi connectivity index (χ3v) is 9.58. The Labute approximate surface area is 191 Å². The lowest BCUT2D eigenvalue weighted by molar-refractivity contribution is 0.102. The molecule has 1 aromatic carbocycles. The first-order valence-corrected chi connectivity index (χ1v) is 13.2. The van der Waals surface area contributed by atoms with Crippen LogP contribution in [0.2, 0.25) is 0 Å².